The highest BCUT2D eigenvalue weighted by molar-refractivity contribution is 6.08. The highest BCUT2D eigenvalue weighted by Gasteiger charge is 2.09. The minimum atomic E-state index is -0.933. The molecule has 0 fully saturated rings. The van der Waals surface area contributed by atoms with Crippen molar-refractivity contribution in [1.82, 2.24) is 0 Å². The second-order valence-electron chi connectivity index (χ2n) is 2.23. The summed E-state index contributed by atoms with van der Waals surface area (Å²) in [5.41, 5.74) is 5.22. The van der Waals surface area contributed by atoms with E-state index in [1.165, 1.54) is 0 Å². The van der Waals surface area contributed by atoms with Crippen LogP contribution in [-0.2, 0) is 4.79 Å². The molecule has 0 aliphatic carbocycles. The van der Waals surface area contributed by atoms with Crippen LogP contribution in [0, 0.1) is 0 Å². The molecule has 0 spiro atoms. The summed E-state index contributed by atoms with van der Waals surface area (Å²) >= 11 is 0. The van der Waals surface area contributed by atoms with E-state index in [0.717, 1.165) is 12.8 Å². The molecule has 0 aliphatic rings. The Kier molecular flexibility index (Phi) is 5.03. The molecule has 2 radical (unpaired) electrons. The van der Waals surface area contributed by atoms with E-state index < -0.39 is 12.0 Å². The van der Waals surface area contributed by atoms with Gasteiger partial charge in [0.2, 0.25) is 0 Å². The maximum Gasteiger partial charge on any atom is 0.320 e. The van der Waals surface area contributed by atoms with Crippen molar-refractivity contribution < 1.29 is 9.90 Å². The van der Waals surface area contributed by atoms with Gasteiger partial charge in [0.1, 0.15) is 6.04 Å². The third kappa shape index (κ3) is 4.38. The molecule has 0 bridgehead atoms. The van der Waals surface area contributed by atoms with Crippen LogP contribution in [0.5, 0.6) is 0 Å². The summed E-state index contributed by atoms with van der Waals surface area (Å²) in [4.78, 5) is 10.1. The molecule has 0 aliphatic heterocycles. The first kappa shape index (κ1) is 9.49. The number of nitrogens with two attached hydrogens (primary N) is 1. The average molecular weight is 141 g/mol. The van der Waals surface area contributed by atoms with Crippen molar-refractivity contribution in [3.63, 3.8) is 0 Å². The molecule has 56 valence electrons. The molecule has 0 unspecified atom stereocenters. The van der Waals surface area contributed by atoms with E-state index in [4.69, 9.17) is 18.7 Å². The van der Waals surface area contributed by atoms with Crippen LogP contribution in [0.15, 0.2) is 0 Å². The van der Waals surface area contributed by atoms with Crippen molar-refractivity contribution in [2.75, 3.05) is 0 Å². The number of hydrogen-bond donors (Lipinski definition) is 2. The predicted molar refractivity (Wildman–Crippen MR) is 40.0 cm³/mol. The molecule has 4 heteroatoms. The fourth-order valence-corrected chi connectivity index (χ4v) is 0.632. The number of rotatable bonds is 5. The molecule has 3 N–H and O–H groups in total. The van der Waals surface area contributed by atoms with Crippen molar-refractivity contribution in [3.8, 4) is 0 Å². The van der Waals surface area contributed by atoms with Gasteiger partial charge >= 0.3 is 5.97 Å². The van der Waals surface area contributed by atoms with Gasteiger partial charge in [0, 0.05) is 0 Å². The Hall–Kier alpha value is -0.505. The maximum absolute atomic E-state index is 10.1. The van der Waals surface area contributed by atoms with Crippen molar-refractivity contribution in [2.45, 2.75) is 31.6 Å². The SMILES string of the molecule is [B]CCCC[C@H](N)C(=O)O. The summed E-state index contributed by atoms with van der Waals surface area (Å²) in [5.74, 6) is -0.933. The first-order valence-electron chi connectivity index (χ1n) is 3.37. The van der Waals surface area contributed by atoms with Crippen LogP contribution >= 0.6 is 0 Å². The number of carboxylic acids is 1. The fraction of sp³-hybridized carbons (Fsp3) is 0.833. The quantitative estimate of drug-likeness (QED) is 0.423. The van der Waals surface area contributed by atoms with E-state index in [9.17, 15) is 4.79 Å². The van der Waals surface area contributed by atoms with Gasteiger partial charge in [-0.15, -0.1) is 0 Å². The lowest BCUT2D eigenvalue weighted by atomic mass is 9.98. The smallest absolute Gasteiger partial charge is 0.320 e. The van der Waals surface area contributed by atoms with Gasteiger partial charge in [0.15, 0.2) is 0 Å². The zero-order valence-corrected chi connectivity index (χ0v) is 5.92. The average Bonchev–Trinajstić information content (AvgIpc) is 1.88. The second-order valence-corrected chi connectivity index (χ2v) is 2.23. The molecule has 0 aromatic heterocycles. The van der Waals surface area contributed by atoms with Crippen LogP contribution in [0.2, 0.25) is 6.32 Å². The van der Waals surface area contributed by atoms with Crippen LogP contribution in [0.1, 0.15) is 19.3 Å². The first-order chi connectivity index (χ1) is 4.68. The summed E-state index contributed by atoms with van der Waals surface area (Å²) in [6.45, 7) is 0. The van der Waals surface area contributed by atoms with Crippen molar-refractivity contribution in [2.24, 2.45) is 5.73 Å². The number of hydrogen-bond acceptors (Lipinski definition) is 2. The van der Waals surface area contributed by atoms with E-state index in [0.29, 0.717) is 12.7 Å². The van der Waals surface area contributed by atoms with Crippen LogP contribution in [0.4, 0.5) is 0 Å². The third-order valence-corrected chi connectivity index (χ3v) is 1.29. The van der Waals surface area contributed by atoms with E-state index in [-0.39, 0.29) is 0 Å². The maximum atomic E-state index is 10.1. The summed E-state index contributed by atoms with van der Waals surface area (Å²) in [6.07, 6.45) is 2.77. The molecule has 0 heterocycles. The Bertz CT molecular complexity index is 108. The second kappa shape index (κ2) is 5.29. The highest BCUT2D eigenvalue weighted by Crippen LogP contribution is 2.00. The Morgan fingerprint density at radius 1 is 1.60 bits per heavy atom. The minimum Gasteiger partial charge on any atom is -0.480 e. The van der Waals surface area contributed by atoms with Gasteiger partial charge in [-0.3, -0.25) is 4.79 Å². The Morgan fingerprint density at radius 3 is 2.60 bits per heavy atom. The number of carbonyl (C=O) groups is 1. The lowest BCUT2D eigenvalue weighted by molar-refractivity contribution is -0.138. The van der Waals surface area contributed by atoms with Crippen molar-refractivity contribution >= 4 is 13.8 Å². The lowest BCUT2D eigenvalue weighted by Gasteiger charge is -2.03. The van der Waals surface area contributed by atoms with E-state index >= 15 is 0 Å². The lowest BCUT2D eigenvalue weighted by Crippen LogP contribution is -2.29. The van der Waals surface area contributed by atoms with Crippen LogP contribution in [-0.4, -0.2) is 25.0 Å². The van der Waals surface area contributed by atoms with Gasteiger partial charge in [0.05, 0.1) is 7.85 Å². The molecular formula is C6H12BNO2. The Balaban J connectivity index is 3.21. The molecular weight excluding hydrogens is 129 g/mol. The van der Waals surface area contributed by atoms with E-state index in [2.05, 4.69) is 0 Å². The molecule has 0 saturated carbocycles. The molecule has 0 amide bonds. The van der Waals surface area contributed by atoms with Crippen molar-refractivity contribution in [1.29, 1.82) is 0 Å². The molecule has 1 atom stereocenters. The largest absolute Gasteiger partial charge is 0.480 e. The molecule has 0 aromatic rings. The summed E-state index contributed by atoms with van der Waals surface area (Å²) in [6, 6.07) is -0.716. The molecule has 0 aromatic carbocycles. The van der Waals surface area contributed by atoms with Gasteiger partial charge in [-0.1, -0.05) is 19.2 Å². The summed E-state index contributed by atoms with van der Waals surface area (Å²) in [5, 5.41) is 8.33. The van der Waals surface area contributed by atoms with Crippen LogP contribution in [0.3, 0.4) is 0 Å². The summed E-state index contributed by atoms with van der Waals surface area (Å²) in [7, 11) is 5.20. The zero-order chi connectivity index (χ0) is 7.98. The topological polar surface area (TPSA) is 63.3 Å². The number of aliphatic carboxylic acids is 1. The Morgan fingerprint density at radius 2 is 2.20 bits per heavy atom. The predicted octanol–water partition coefficient (Wildman–Crippen LogP) is 0.155. The van der Waals surface area contributed by atoms with Gasteiger partial charge in [0.25, 0.3) is 0 Å². The number of carboxylic acid groups (broad SMARTS) is 1. The summed E-state index contributed by atoms with van der Waals surface area (Å²) < 4.78 is 0. The van der Waals surface area contributed by atoms with E-state index in [1.807, 2.05) is 0 Å². The van der Waals surface area contributed by atoms with Gasteiger partial charge < -0.3 is 10.8 Å². The van der Waals surface area contributed by atoms with Crippen LogP contribution in [0.25, 0.3) is 0 Å². The van der Waals surface area contributed by atoms with Gasteiger partial charge in [-0.05, 0) is 6.42 Å². The van der Waals surface area contributed by atoms with Gasteiger partial charge in [-0.2, -0.15) is 0 Å². The first-order valence-corrected chi connectivity index (χ1v) is 3.37. The molecule has 0 saturated heterocycles. The Labute approximate surface area is 62.0 Å². The van der Waals surface area contributed by atoms with Crippen molar-refractivity contribution in [3.05, 3.63) is 0 Å². The standard InChI is InChI=1S/C6H12BNO2/c7-4-2-1-3-5(8)6(9)10/h5H,1-4,8H2,(H,9,10)/t5-/m0/s1. The third-order valence-electron chi connectivity index (χ3n) is 1.29. The molecule has 0 rings (SSSR count). The monoisotopic (exact) mass is 141 g/mol. The van der Waals surface area contributed by atoms with E-state index in [1.54, 1.807) is 0 Å². The minimum absolute atomic E-state index is 0.520. The molecule has 10 heavy (non-hydrogen) atoms. The van der Waals surface area contributed by atoms with Gasteiger partial charge in [-0.25, -0.2) is 0 Å². The fourth-order valence-electron chi connectivity index (χ4n) is 0.632. The highest BCUT2D eigenvalue weighted by atomic mass is 16.4. The number of unbranched alkanes of at least 4 members (excludes halogenated alkanes) is 1. The molecule has 3 nitrogen and oxygen atoms in total. The zero-order valence-electron chi connectivity index (χ0n) is 5.92. The van der Waals surface area contributed by atoms with Crippen LogP contribution < -0.4 is 5.73 Å². The normalized spacial score (nSPS) is 12.9.